The molecule has 0 saturated carbocycles. The highest BCUT2D eigenvalue weighted by Crippen LogP contribution is 2.38. The quantitative estimate of drug-likeness (QED) is 0.203. The number of fused-ring (bicyclic) bond motifs is 8. The Morgan fingerprint density at radius 1 is 0.818 bits per heavy atom. The zero-order valence-electron chi connectivity index (χ0n) is 26.0. The van der Waals surface area contributed by atoms with Gasteiger partial charge in [0.1, 0.15) is 0 Å². The molecule has 0 spiro atoms. The first kappa shape index (κ1) is 30.7. The van der Waals surface area contributed by atoms with Crippen molar-refractivity contribution in [1.29, 1.82) is 0 Å². The van der Waals surface area contributed by atoms with Crippen LogP contribution in [-0.2, 0) is 20.7 Å². The lowest BCUT2D eigenvalue weighted by molar-refractivity contribution is -0.137. The van der Waals surface area contributed by atoms with Crippen LogP contribution in [0.15, 0.2) is 30.8 Å². The molecule has 0 aliphatic carbocycles. The lowest BCUT2D eigenvalue weighted by Crippen LogP contribution is -2.07. The zero-order valence-corrected chi connectivity index (χ0v) is 26.0. The van der Waals surface area contributed by atoms with E-state index in [9.17, 15) is 19.8 Å². The Hall–Kier alpha value is -4.76. The molecule has 0 amide bonds. The van der Waals surface area contributed by atoms with E-state index in [0.29, 0.717) is 24.2 Å². The normalized spacial score (nSPS) is 13.9. The number of aromatic amines is 2. The fourth-order valence-corrected chi connectivity index (χ4v) is 6.14. The van der Waals surface area contributed by atoms with E-state index in [1.54, 1.807) is 7.11 Å². The van der Waals surface area contributed by atoms with Gasteiger partial charge in [-0.2, -0.15) is 0 Å². The number of hydrogen-bond donors (Lipinski definition) is 4. The number of nitrogens with one attached hydrogen (secondary N) is 2. The number of aliphatic carboxylic acids is 2. The monoisotopic (exact) mass is 594 g/mol. The molecule has 3 aromatic heterocycles. The van der Waals surface area contributed by atoms with Gasteiger partial charge in [0.25, 0.3) is 0 Å². The molecule has 1 atom stereocenters. The van der Waals surface area contributed by atoms with Gasteiger partial charge in [0.2, 0.25) is 0 Å². The maximum atomic E-state index is 11.6. The maximum Gasteiger partial charge on any atom is 0.303 e. The predicted molar refractivity (Wildman–Crippen MR) is 175 cm³/mol. The number of carboxylic acid groups (broad SMARTS) is 2. The number of methoxy groups -OCH3 is 1. The van der Waals surface area contributed by atoms with Gasteiger partial charge in [-0.25, -0.2) is 9.97 Å². The van der Waals surface area contributed by atoms with Crippen LogP contribution in [0.25, 0.3) is 50.4 Å². The Kier molecular flexibility index (Phi) is 8.43. The zero-order chi connectivity index (χ0) is 31.9. The molecule has 1 unspecified atom stereocenters. The third kappa shape index (κ3) is 5.63. The average molecular weight is 595 g/mol. The summed E-state index contributed by atoms with van der Waals surface area (Å²) in [6.45, 7) is 14.1. The molecule has 5 rings (SSSR count). The van der Waals surface area contributed by atoms with Gasteiger partial charge in [0.15, 0.2) is 0 Å². The van der Waals surface area contributed by atoms with E-state index in [1.165, 1.54) is 0 Å². The van der Waals surface area contributed by atoms with Crippen molar-refractivity contribution in [1.82, 2.24) is 19.9 Å². The molecule has 44 heavy (non-hydrogen) atoms. The number of carboxylic acids is 2. The number of aromatic nitrogens is 4. The van der Waals surface area contributed by atoms with Crippen LogP contribution in [0, 0.1) is 13.8 Å². The van der Waals surface area contributed by atoms with Crippen LogP contribution in [0.3, 0.4) is 0 Å². The van der Waals surface area contributed by atoms with Crippen molar-refractivity contribution in [2.24, 2.45) is 0 Å². The van der Waals surface area contributed by atoms with Crippen LogP contribution in [0.5, 0.6) is 0 Å². The van der Waals surface area contributed by atoms with Crippen molar-refractivity contribution in [2.45, 2.75) is 66.4 Å². The summed E-state index contributed by atoms with van der Waals surface area (Å²) in [4.78, 5) is 40.3. The first-order valence-corrected chi connectivity index (χ1v) is 14.7. The fraction of sp³-hybridized carbons (Fsp3) is 0.314. The van der Waals surface area contributed by atoms with Gasteiger partial charge in [-0.05, 0) is 105 Å². The SMILES string of the molecule is C=Cc1c(C)c2cc3nc(cc4nc(cc5[nH]c(cc1[nH]2)c(C)c5CCC(=O)O)C(CCC(=O)O)=C4C)C(C)=C3C(C)OC. The van der Waals surface area contributed by atoms with Gasteiger partial charge >= 0.3 is 11.9 Å². The molecule has 0 aromatic carbocycles. The van der Waals surface area contributed by atoms with Crippen LogP contribution < -0.4 is 0 Å². The Labute approximate surface area is 256 Å². The maximum absolute atomic E-state index is 11.6. The van der Waals surface area contributed by atoms with Crippen LogP contribution >= 0.6 is 0 Å². The first-order chi connectivity index (χ1) is 20.9. The molecule has 0 fully saturated rings. The summed E-state index contributed by atoms with van der Waals surface area (Å²) < 4.78 is 5.76. The molecule has 9 nitrogen and oxygen atoms in total. The highest BCUT2D eigenvalue weighted by molar-refractivity contribution is 5.97. The van der Waals surface area contributed by atoms with E-state index < -0.39 is 11.9 Å². The highest BCUT2D eigenvalue weighted by atomic mass is 16.5. The number of aryl methyl sites for hydroxylation is 3. The number of allylic oxidation sites excluding steroid dienone is 3. The molecule has 2 aliphatic heterocycles. The molecule has 4 N–H and O–H groups in total. The Morgan fingerprint density at radius 3 is 2.07 bits per heavy atom. The fourth-order valence-electron chi connectivity index (χ4n) is 6.14. The smallest absolute Gasteiger partial charge is 0.303 e. The van der Waals surface area contributed by atoms with Gasteiger partial charge in [-0.1, -0.05) is 12.7 Å². The van der Waals surface area contributed by atoms with Crippen molar-refractivity contribution in [3.05, 3.63) is 75.9 Å². The predicted octanol–water partition coefficient (Wildman–Crippen LogP) is 7.35. The molecular formula is C35H38N4O5. The molecule has 2 aliphatic rings. The lowest BCUT2D eigenvalue weighted by atomic mass is 9.99. The molecule has 0 saturated heterocycles. The van der Waals surface area contributed by atoms with Gasteiger partial charge in [0.05, 0.1) is 28.9 Å². The molecule has 5 heterocycles. The van der Waals surface area contributed by atoms with E-state index >= 15 is 0 Å². The third-order valence-electron chi connectivity index (χ3n) is 8.78. The molecule has 9 heteroatoms. The third-order valence-corrected chi connectivity index (χ3v) is 8.78. The van der Waals surface area contributed by atoms with E-state index in [4.69, 9.17) is 14.7 Å². The number of ether oxygens (including phenoxy) is 1. The molecule has 0 radical (unpaired) electrons. The summed E-state index contributed by atoms with van der Waals surface area (Å²) in [5.74, 6) is -1.77. The Morgan fingerprint density at radius 2 is 1.41 bits per heavy atom. The number of H-pyrrole nitrogens is 2. The van der Waals surface area contributed by atoms with E-state index in [0.717, 1.165) is 78.0 Å². The van der Waals surface area contributed by atoms with Gasteiger partial charge < -0.3 is 24.9 Å². The Bertz CT molecular complexity index is 1940. The summed E-state index contributed by atoms with van der Waals surface area (Å²) >= 11 is 0. The minimum absolute atomic E-state index is 0.0256. The first-order valence-electron chi connectivity index (χ1n) is 14.7. The summed E-state index contributed by atoms with van der Waals surface area (Å²) in [6, 6.07) is 7.92. The number of nitrogens with zero attached hydrogens (tertiary/aromatic N) is 2. The minimum atomic E-state index is -0.888. The summed E-state index contributed by atoms with van der Waals surface area (Å²) in [7, 11) is 1.68. The van der Waals surface area contributed by atoms with Gasteiger partial charge in [-0.15, -0.1) is 0 Å². The van der Waals surface area contributed by atoms with Gasteiger partial charge in [0, 0.05) is 53.2 Å². The Balaban J connectivity index is 1.94. The minimum Gasteiger partial charge on any atom is -0.481 e. The summed E-state index contributed by atoms with van der Waals surface area (Å²) in [6.07, 6.45) is 2.20. The van der Waals surface area contributed by atoms with Crippen LogP contribution in [-0.4, -0.2) is 55.3 Å². The van der Waals surface area contributed by atoms with Crippen molar-refractivity contribution in [2.75, 3.05) is 7.11 Å². The molecular weight excluding hydrogens is 556 g/mol. The van der Waals surface area contributed by atoms with Crippen LogP contribution in [0.4, 0.5) is 0 Å². The van der Waals surface area contributed by atoms with Gasteiger partial charge in [-0.3, -0.25) is 9.59 Å². The van der Waals surface area contributed by atoms with Crippen molar-refractivity contribution in [3.8, 4) is 0 Å². The number of hydrogen-bond acceptors (Lipinski definition) is 5. The second-order valence-electron chi connectivity index (χ2n) is 11.4. The summed E-state index contributed by atoms with van der Waals surface area (Å²) in [5.41, 5.74) is 13.7. The molecule has 3 aromatic rings. The van der Waals surface area contributed by atoms with Crippen molar-refractivity contribution < 1.29 is 24.5 Å². The standard InChI is InChI=1S/C35H38N4O5/c1-8-22-17(2)27-15-32-35(21(6)44-7)20(5)28(39-32)13-25-18(3)23(9-11-33(40)41)30(37-25)16-31-24(10-12-34(42)43)19(4)26(38-31)14-29(22)36-27/h8,13-16,21,36,38H,1,9-12H2,2-7H3,(H,40,41)(H,42,43). The van der Waals surface area contributed by atoms with E-state index in [-0.39, 0.29) is 18.9 Å². The largest absolute Gasteiger partial charge is 0.481 e. The highest BCUT2D eigenvalue weighted by Gasteiger charge is 2.24. The number of carbonyl (C=O) groups is 2. The second-order valence-corrected chi connectivity index (χ2v) is 11.4. The number of rotatable bonds is 9. The van der Waals surface area contributed by atoms with E-state index in [1.807, 2.05) is 65.0 Å². The average Bonchev–Trinajstić information content (AvgIpc) is 3.63. The second kappa shape index (κ2) is 12.1. The van der Waals surface area contributed by atoms with Crippen LogP contribution in [0.1, 0.15) is 85.1 Å². The van der Waals surface area contributed by atoms with Crippen LogP contribution in [0.2, 0.25) is 0 Å². The van der Waals surface area contributed by atoms with E-state index in [2.05, 4.69) is 16.5 Å². The molecule has 228 valence electrons. The van der Waals surface area contributed by atoms with Crippen molar-refractivity contribution in [3.63, 3.8) is 0 Å². The topological polar surface area (TPSA) is 141 Å². The lowest BCUT2D eigenvalue weighted by Gasteiger charge is -2.12. The van der Waals surface area contributed by atoms with Crippen molar-refractivity contribution >= 4 is 62.4 Å². The molecule has 8 bridgehead atoms. The summed E-state index contributed by atoms with van der Waals surface area (Å²) in [5, 5.41) is 19.0.